The number of fused-ring (bicyclic) bond motifs is 1. The Hall–Kier alpha value is -1.71. The maximum atomic E-state index is 4.65. The van der Waals surface area contributed by atoms with Gasteiger partial charge in [0.25, 0.3) is 0 Å². The van der Waals surface area contributed by atoms with Crippen LogP contribution in [-0.2, 0) is 6.42 Å². The van der Waals surface area contributed by atoms with Crippen LogP contribution < -0.4 is 5.32 Å². The molecular weight excluding hydrogens is 276 g/mol. The molecule has 0 radical (unpaired) electrons. The van der Waals surface area contributed by atoms with E-state index in [2.05, 4.69) is 59.9 Å². The highest BCUT2D eigenvalue weighted by atomic mass is 32.1. The third kappa shape index (κ3) is 2.85. The van der Waals surface area contributed by atoms with Crippen LogP contribution in [0.25, 0.3) is 10.1 Å². The SMILES string of the molecule is CNC(Cc1csc2ccccc12)c1ncc(C)cc1C. The number of thiophene rings is 1. The quantitative estimate of drug-likeness (QED) is 0.771. The molecule has 0 saturated carbocycles. The molecule has 0 saturated heterocycles. The number of aryl methyl sites for hydroxylation is 2. The molecule has 0 aliphatic carbocycles. The van der Waals surface area contributed by atoms with Crippen LogP contribution in [0, 0.1) is 13.8 Å². The van der Waals surface area contributed by atoms with E-state index in [0.717, 1.165) is 12.1 Å². The van der Waals surface area contributed by atoms with E-state index in [1.54, 1.807) is 0 Å². The van der Waals surface area contributed by atoms with Gasteiger partial charge < -0.3 is 5.32 Å². The van der Waals surface area contributed by atoms with Gasteiger partial charge in [0.2, 0.25) is 0 Å². The van der Waals surface area contributed by atoms with Crippen LogP contribution in [0.5, 0.6) is 0 Å². The molecule has 3 rings (SSSR count). The lowest BCUT2D eigenvalue weighted by molar-refractivity contribution is 0.574. The maximum Gasteiger partial charge on any atom is 0.0605 e. The topological polar surface area (TPSA) is 24.9 Å². The molecule has 2 nitrogen and oxygen atoms in total. The zero-order valence-corrected chi connectivity index (χ0v) is 13.5. The van der Waals surface area contributed by atoms with E-state index in [-0.39, 0.29) is 6.04 Å². The Kier molecular flexibility index (Phi) is 4.04. The second kappa shape index (κ2) is 5.96. The second-order valence-electron chi connectivity index (χ2n) is 5.52. The van der Waals surface area contributed by atoms with Gasteiger partial charge >= 0.3 is 0 Å². The molecule has 21 heavy (non-hydrogen) atoms. The monoisotopic (exact) mass is 296 g/mol. The lowest BCUT2D eigenvalue weighted by Crippen LogP contribution is -2.21. The number of rotatable bonds is 4. The third-order valence-corrected chi connectivity index (χ3v) is 4.93. The average Bonchev–Trinajstić information content (AvgIpc) is 2.89. The van der Waals surface area contributed by atoms with Crippen molar-refractivity contribution in [3.05, 3.63) is 64.3 Å². The summed E-state index contributed by atoms with van der Waals surface area (Å²) >= 11 is 1.82. The van der Waals surface area contributed by atoms with E-state index < -0.39 is 0 Å². The normalized spacial score (nSPS) is 12.7. The molecule has 0 amide bonds. The van der Waals surface area contributed by atoms with Crippen molar-refractivity contribution in [2.75, 3.05) is 7.05 Å². The Bertz CT molecular complexity index is 761. The van der Waals surface area contributed by atoms with E-state index in [1.807, 2.05) is 24.6 Å². The van der Waals surface area contributed by atoms with Crippen molar-refractivity contribution < 1.29 is 0 Å². The summed E-state index contributed by atoms with van der Waals surface area (Å²) in [4.78, 5) is 4.65. The Labute approximate surface area is 129 Å². The van der Waals surface area contributed by atoms with Crippen molar-refractivity contribution >= 4 is 21.4 Å². The standard InChI is InChI=1S/C18H20N2S/c1-12-8-13(2)18(20-10-12)16(19-3)9-14-11-21-17-7-5-4-6-15(14)17/h4-8,10-11,16,19H,9H2,1-3H3. The molecule has 0 spiro atoms. The Balaban J connectivity index is 1.94. The number of nitrogens with zero attached hydrogens (tertiary/aromatic N) is 1. The number of aromatic nitrogens is 1. The summed E-state index contributed by atoms with van der Waals surface area (Å²) in [6.07, 6.45) is 2.93. The minimum atomic E-state index is 0.253. The molecule has 1 aromatic carbocycles. The first kappa shape index (κ1) is 14.2. The Morgan fingerprint density at radius 3 is 2.81 bits per heavy atom. The molecule has 108 valence electrons. The van der Waals surface area contributed by atoms with Crippen LogP contribution in [0.4, 0.5) is 0 Å². The van der Waals surface area contributed by atoms with Gasteiger partial charge in [-0.2, -0.15) is 0 Å². The fraction of sp³-hybridized carbons (Fsp3) is 0.278. The van der Waals surface area contributed by atoms with Gasteiger partial charge in [-0.3, -0.25) is 4.98 Å². The Morgan fingerprint density at radius 1 is 1.24 bits per heavy atom. The number of hydrogen-bond acceptors (Lipinski definition) is 3. The molecule has 3 heteroatoms. The number of likely N-dealkylation sites (N-methyl/N-ethyl adjacent to an activating group) is 1. The highest BCUT2D eigenvalue weighted by Gasteiger charge is 2.16. The molecule has 0 aliphatic rings. The highest BCUT2D eigenvalue weighted by molar-refractivity contribution is 7.17. The van der Waals surface area contributed by atoms with E-state index in [0.29, 0.717) is 0 Å². The summed E-state index contributed by atoms with van der Waals surface area (Å²) < 4.78 is 1.36. The summed E-state index contributed by atoms with van der Waals surface area (Å²) in [6.45, 7) is 4.23. The van der Waals surface area contributed by atoms with E-state index in [1.165, 1.54) is 26.8 Å². The lowest BCUT2D eigenvalue weighted by Gasteiger charge is -2.18. The molecule has 2 aromatic heterocycles. The summed E-state index contributed by atoms with van der Waals surface area (Å²) in [5.74, 6) is 0. The van der Waals surface area contributed by atoms with Crippen molar-refractivity contribution in [3.63, 3.8) is 0 Å². The molecule has 1 atom stereocenters. The first-order valence-corrected chi connectivity index (χ1v) is 8.12. The minimum absolute atomic E-state index is 0.253. The van der Waals surface area contributed by atoms with Gasteiger partial charge in [0.05, 0.1) is 11.7 Å². The third-order valence-electron chi connectivity index (χ3n) is 3.92. The molecule has 0 aliphatic heterocycles. The van der Waals surface area contributed by atoms with Gasteiger partial charge in [-0.05, 0) is 60.8 Å². The van der Waals surface area contributed by atoms with Crippen LogP contribution in [-0.4, -0.2) is 12.0 Å². The largest absolute Gasteiger partial charge is 0.311 e. The summed E-state index contributed by atoms with van der Waals surface area (Å²) in [7, 11) is 2.01. The van der Waals surface area contributed by atoms with E-state index in [4.69, 9.17) is 0 Å². The van der Waals surface area contributed by atoms with Crippen molar-refractivity contribution in [1.82, 2.24) is 10.3 Å². The molecule has 3 aromatic rings. The molecule has 1 unspecified atom stereocenters. The second-order valence-corrected chi connectivity index (χ2v) is 6.43. The van der Waals surface area contributed by atoms with Gasteiger partial charge in [-0.1, -0.05) is 24.3 Å². The fourth-order valence-corrected chi connectivity index (χ4v) is 3.81. The van der Waals surface area contributed by atoms with Crippen molar-refractivity contribution in [1.29, 1.82) is 0 Å². The van der Waals surface area contributed by atoms with Gasteiger partial charge in [0, 0.05) is 10.9 Å². The molecule has 2 heterocycles. The molecule has 0 bridgehead atoms. The van der Waals surface area contributed by atoms with Gasteiger partial charge in [0.1, 0.15) is 0 Å². The summed E-state index contributed by atoms with van der Waals surface area (Å²) in [5.41, 5.74) is 5.02. The van der Waals surface area contributed by atoms with Crippen LogP contribution in [0.15, 0.2) is 41.9 Å². The lowest BCUT2D eigenvalue weighted by atomic mass is 9.99. The maximum absolute atomic E-state index is 4.65. The van der Waals surface area contributed by atoms with Gasteiger partial charge in [0.15, 0.2) is 0 Å². The molecule has 0 fully saturated rings. The fourth-order valence-electron chi connectivity index (χ4n) is 2.84. The predicted octanol–water partition coefficient (Wildman–Crippen LogP) is 4.42. The van der Waals surface area contributed by atoms with E-state index in [9.17, 15) is 0 Å². The average molecular weight is 296 g/mol. The van der Waals surface area contributed by atoms with Crippen LogP contribution in [0.3, 0.4) is 0 Å². The van der Waals surface area contributed by atoms with E-state index >= 15 is 0 Å². The summed E-state index contributed by atoms with van der Waals surface area (Å²) in [5, 5.41) is 7.07. The number of pyridine rings is 1. The van der Waals surface area contributed by atoms with Crippen molar-refractivity contribution in [2.24, 2.45) is 0 Å². The predicted molar refractivity (Wildman–Crippen MR) is 91.0 cm³/mol. The zero-order chi connectivity index (χ0) is 14.8. The molecular formula is C18H20N2S. The number of hydrogen-bond donors (Lipinski definition) is 1. The van der Waals surface area contributed by atoms with Gasteiger partial charge in [-0.15, -0.1) is 11.3 Å². The smallest absolute Gasteiger partial charge is 0.0605 e. The first-order chi connectivity index (χ1) is 10.2. The van der Waals surface area contributed by atoms with Crippen LogP contribution in [0.2, 0.25) is 0 Å². The highest BCUT2D eigenvalue weighted by Crippen LogP contribution is 2.29. The number of benzene rings is 1. The number of nitrogens with one attached hydrogen (secondary N) is 1. The van der Waals surface area contributed by atoms with Crippen molar-refractivity contribution in [2.45, 2.75) is 26.3 Å². The molecule has 1 N–H and O–H groups in total. The Morgan fingerprint density at radius 2 is 2.05 bits per heavy atom. The van der Waals surface area contributed by atoms with Crippen molar-refractivity contribution in [3.8, 4) is 0 Å². The zero-order valence-electron chi connectivity index (χ0n) is 12.7. The minimum Gasteiger partial charge on any atom is -0.311 e. The van der Waals surface area contributed by atoms with Gasteiger partial charge in [-0.25, -0.2) is 0 Å². The first-order valence-electron chi connectivity index (χ1n) is 7.24. The van der Waals surface area contributed by atoms with Crippen LogP contribution >= 0.6 is 11.3 Å². The summed E-state index contributed by atoms with van der Waals surface area (Å²) in [6, 6.07) is 11.1. The van der Waals surface area contributed by atoms with Crippen LogP contribution in [0.1, 0.15) is 28.4 Å².